The molecule has 2 N–H and O–H groups in total. The molecule has 1 aliphatic rings. The Balaban J connectivity index is 2.18. The van der Waals surface area contributed by atoms with Gasteiger partial charge in [-0.15, -0.1) is 0 Å². The lowest BCUT2D eigenvalue weighted by Crippen LogP contribution is -2.18. The number of nitrogens with two attached hydrogens (primary N) is 1. The van der Waals surface area contributed by atoms with E-state index in [2.05, 4.69) is 9.97 Å². The molecular weight excluding hydrogens is 166 g/mol. The van der Waals surface area contributed by atoms with Crippen LogP contribution in [0.15, 0.2) is 12.4 Å². The Bertz CT molecular complexity index is 284. The fourth-order valence-corrected chi connectivity index (χ4v) is 1.63. The number of rotatable bonds is 1. The van der Waals surface area contributed by atoms with Crippen molar-refractivity contribution >= 4 is 5.82 Å². The summed E-state index contributed by atoms with van der Waals surface area (Å²) in [6.07, 6.45) is 5.48. The first kappa shape index (κ1) is 8.44. The average molecular weight is 179 g/mol. The number of ether oxygens (including phenoxy) is 1. The Morgan fingerprint density at radius 2 is 2.23 bits per heavy atom. The summed E-state index contributed by atoms with van der Waals surface area (Å²) in [6, 6.07) is 0. The Morgan fingerprint density at radius 1 is 1.38 bits per heavy atom. The lowest BCUT2D eigenvalue weighted by Gasteiger charge is -2.21. The van der Waals surface area contributed by atoms with Crippen LogP contribution in [-0.2, 0) is 4.74 Å². The molecule has 70 valence electrons. The highest BCUT2D eigenvalue weighted by atomic mass is 16.5. The minimum absolute atomic E-state index is 0.336. The van der Waals surface area contributed by atoms with E-state index in [0.717, 1.165) is 31.7 Å². The second-order valence-corrected chi connectivity index (χ2v) is 3.24. The number of hydrogen-bond donors (Lipinski definition) is 1. The summed E-state index contributed by atoms with van der Waals surface area (Å²) in [4.78, 5) is 8.25. The Kier molecular flexibility index (Phi) is 2.40. The molecule has 4 nitrogen and oxygen atoms in total. The zero-order chi connectivity index (χ0) is 9.10. The van der Waals surface area contributed by atoms with Crippen molar-refractivity contribution in [1.29, 1.82) is 0 Å². The molecule has 1 atom stereocenters. The molecule has 2 heterocycles. The van der Waals surface area contributed by atoms with Crippen molar-refractivity contribution in [2.45, 2.75) is 18.8 Å². The second kappa shape index (κ2) is 3.70. The van der Waals surface area contributed by atoms with Crippen molar-refractivity contribution in [2.24, 2.45) is 0 Å². The molecular formula is C9H13N3O. The molecule has 2 rings (SSSR count). The van der Waals surface area contributed by atoms with E-state index >= 15 is 0 Å². The van der Waals surface area contributed by atoms with Gasteiger partial charge in [0, 0.05) is 24.9 Å². The van der Waals surface area contributed by atoms with Gasteiger partial charge in [0.2, 0.25) is 0 Å². The van der Waals surface area contributed by atoms with Gasteiger partial charge in [0.05, 0.1) is 12.3 Å². The molecule has 1 aromatic rings. The lowest BCUT2D eigenvalue weighted by atomic mass is 9.98. The summed E-state index contributed by atoms with van der Waals surface area (Å²) in [7, 11) is 0. The first-order valence-electron chi connectivity index (χ1n) is 4.52. The average Bonchev–Trinajstić information content (AvgIpc) is 2.20. The summed E-state index contributed by atoms with van der Waals surface area (Å²) >= 11 is 0. The summed E-state index contributed by atoms with van der Waals surface area (Å²) in [5, 5.41) is 0. The third kappa shape index (κ3) is 1.78. The van der Waals surface area contributed by atoms with E-state index in [1.54, 1.807) is 12.4 Å². The number of nitrogens with zero attached hydrogens (tertiary/aromatic N) is 2. The van der Waals surface area contributed by atoms with E-state index < -0.39 is 0 Å². The van der Waals surface area contributed by atoms with Crippen LogP contribution in [-0.4, -0.2) is 23.2 Å². The van der Waals surface area contributed by atoms with Gasteiger partial charge in [0.25, 0.3) is 0 Å². The SMILES string of the molecule is Nc1nccnc1C1CCCOC1. The monoisotopic (exact) mass is 179 g/mol. The van der Waals surface area contributed by atoms with Crippen LogP contribution in [0.2, 0.25) is 0 Å². The zero-order valence-electron chi connectivity index (χ0n) is 7.44. The molecule has 1 aromatic heterocycles. The van der Waals surface area contributed by atoms with Crippen molar-refractivity contribution in [3.8, 4) is 0 Å². The van der Waals surface area contributed by atoms with E-state index in [0.29, 0.717) is 11.7 Å². The first-order chi connectivity index (χ1) is 6.38. The summed E-state index contributed by atoms with van der Waals surface area (Å²) in [6.45, 7) is 1.58. The molecule has 1 aliphatic heterocycles. The van der Waals surface area contributed by atoms with Gasteiger partial charge in [0.1, 0.15) is 5.82 Å². The molecule has 0 spiro atoms. The van der Waals surface area contributed by atoms with Crippen molar-refractivity contribution in [3.05, 3.63) is 18.1 Å². The number of nitrogen functional groups attached to an aromatic ring is 1. The van der Waals surface area contributed by atoms with Gasteiger partial charge >= 0.3 is 0 Å². The number of aromatic nitrogens is 2. The van der Waals surface area contributed by atoms with E-state index in [4.69, 9.17) is 10.5 Å². The van der Waals surface area contributed by atoms with Crippen molar-refractivity contribution in [1.82, 2.24) is 9.97 Å². The van der Waals surface area contributed by atoms with Gasteiger partial charge in [-0.05, 0) is 12.8 Å². The molecule has 0 amide bonds. The van der Waals surface area contributed by atoms with Gasteiger partial charge in [-0.25, -0.2) is 4.98 Å². The minimum atomic E-state index is 0.336. The largest absolute Gasteiger partial charge is 0.382 e. The fraction of sp³-hybridized carbons (Fsp3) is 0.556. The van der Waals surface area contributed by atoms with Gasteiger partial charge in [-0.2, -0.15) is 0 Å². The first-order valence-corrected chi connectivity index (χ1v) is 4.52. The normalized spacial score (nSPS) is 22.9. The fourth-order valence-electron chi connectivity index (χ4n) is 1.63. The Morgan fingerprint density at radius 3 is 2.92 bits per heavy atom. The van der Waals surface area contributed by atoms with Crippen LogP contribution < -0.4 is 5.73 Å². The minimum Gasteiger partial charge on any atom is -0.382 e. The second-order valence-electron chi connectivity index (χ2n) is 3.24. The van der Waals surface area contributed by atoms with Crippen molar-refractivity contribution < 1.29 is 4.74 Å². The third-order valence-electron chi connectivity index (χ3n) is 2.30. The van der Waals surface area contributed by atoms with E-state index in [1.165, 1.54) is 0 Å². The van der Waals surface area contributed by atoms with Crippen LogP contribution in [0.1, 0.15) is 24.5 Å². The van der Waals surface area contributed by atoms with Crippen LogP contribution in [0.3, 0.4) is 0 Å². The molecule has 1 saturated heterocycles. The maximum atomic E-state index is 5.72. The highest BCUT2D eigenvalue weighted by Crippen LogP contribution is 2.26. The zero-order valence-corrected chi connectivity index (χ0v) is 7.44. The highest BCUT2D eigenvalue weighted by molar-refractivity contribution is 5.35. The van der Waals surface area contributed by atoms with Gasteiger partial charge < -0.3 is 10.5 Å². The van der Waals surface area contributed by atoms with Crippen LogP contribution in [0.4, 0.5) is 5.82 Å². The van der Waals surface area contributed by atoms with E-state index in [1.807, 2.05) is 0 Å². The van der Waals surface area contributed by atoms with Crippen LogP contribution >= 0.6 is 0 Å². The predicted molar refractivity (Wildman–Crippen MR) is 49.2 cm³/mol. The van der Waals surface area contributed by atoms with Crippen LogP contribution in [0, 0.1) is 0 Å². The van der Waals surface area contributed by atoms with Gasteiger partial charge in [-0.1, -0.05) is 0 Å². The highest BCUT2D eigenvalue weighted by Gasteiger charge is 2.19. The standard InChI is InChI=1S/C9H13N3O/c10-9-8(11-3-4-12-9)7-2-1-5-13-6-7/h3-4,7H,1-2,5-6H2,(H2,10,12). The summed E-state index contributed by atoms with van der Waals surface area (Å²) in [5.41, 5.74) is 6.61. The maximum absolute atomic E-state index is 5.72. The molecule has 0 aromatic carbocycles. The molecule has 1 unspecified atom stereocenters. The van der Waals surface area contributed by atoms with E-state index in [-0.39, 0.29) is 0 Å². The molecule has 4 heteroatoms. The molecule has 0 aliphatic carbocycles. The topological polar surface area (TPSA) is 61.0 Å². The molecule has 13 heavy (non-hydrogen) atoms. The predicted octanol–water partition coefficient (Wildman–Crippen LogP) is 0.953. The molecule has 0 bridgehead atoms. The maximum Gasteiger partial charge on any atom is 0.145 e. The van der Waals surface area contributed by atoms with Crippen LogP contribution in [0.5, 0.6) is 0 Å². The van der Waals surface area contributed by atoms with Crippen LogP contribution in [0.25, 0.3) is 0 Å². The summed E-state index contributed by atoms with van der Waals surface area (Å²) in [5.74, 6) is 0.875. The van der Waals surface area contributed by atoms with Crippen molar-refractivity contribution in [2.75, 3.05) is 18.9 Å². The Hall–Kier alpha value is -1.16. The Labute approximate surface area is 77.1 Å². The lowest BCUT2D eigenvalue weighted by molar-refractivity contribution is 0.0794. The quantitative estimate of drug-likeness (QED) is 0.697. The number of hydrogen-bond acceptors (Lipinski definition) is 4. The summed E-state index contributed by atoms with van der Waals surface area (Å²) < 4.78 is 5.37. The van der Waals surface area contributed by atoms with E-state index in [9.17, 15) is 0 Å². The molecule has 1 fully saturated rings. The smallest absolute Gasteiger partial charge is 0.145 e. The third-order valence-corrected chi connectivity index (χ3v) is 2.30. The molecule has 0 radical (unpaired) electrons. The number of anilines is 1. The van der Waals surface area contributed by atoms with Gasteiger partial charge in [-0.3, -0.25) is 4.98 Å². The van der Waals surface area contributed by atoms with Gasteiger partial charge in [0.15, 0.2) is 0 Å². The molecule has 0 saturated carbocycles. The van der Waals surface area contributed by atoms with Crippen molar-refractivity contribution in [3.63, 3.8) is 0 Å².